The Morgan fingerprint density at radius 3 is 1.34 bits per heavy atom. The third kappa shape index (κ3) is 12.0. The van der Waals surface area contributed by atoms with Crippen molar-refractivity contribution in [3.63, 3.8) is 0 Å². The van der Waals surface area contributed by atoms with Gasteiger partial charge in [-0.15, -0.1) is 0 Å². The fourth-order valence-electron chi connectivity index (χ4n) is 2.39. The first-order valence-electron chi connectivity index (χ1n) is 9.02. The second-order valence-electron chi connectivity index (χ2n) is 6.96. The van der Waals surface area contributed by atoms with Crippen molar-refractivity contribution in [1.82, 2.24) is 0 Å². The van der Waals surface area contributed by atoms with Crippen molar-refractivity contribution in [1.29, 1.82) is 0 Å². The molecule has 0 aliphatic rings. The number of nitrogens with zero attached hydrogens (tertiary/aromatic N) is 1. The molecule has 0 fully saturated rings. The lowest BCUT2D eigenvalue weighted by molar-refractivity contribution is -0.942. The lowest BCUT2D eigenvalue weighted by Gasteiger charge is -2.27. The third-order valence-corrected chi connectivity index (χ3v) is 6.57. The Morgan fingerprint density at radius 1 is 0.724 bits per heavy atom. The maximum Gasteiger partial charge on any atom is 0.480 e. The summed E-state index contributed by atoms with van der Waals surface area (Å²) in [4.78, 5) is 1.77. The normalized spacial score (nSPS) is 13.7. The Bertz CT molecular complexity index is 609. The quantitative estimate of drug-likeness (QED) is 0.381. The van der Waals surface area contributed by atoms with Gasteiger partial charge in [0.1, 0.15) is 0 Å². The molecule has 0 aliphatic heterocycles. The molecule has 0 aromatic heterocycles. The van der Waals surface area contributed by atoms with E-state index in [9.17, 15) is 43.2 Å². The molecule has 0 amide bonds. The number of quaternary nitrogens is 1. The lowest BCUT2D eigenvalue weighted by atomic mass is 10.1. The summed E-state index contributed by atoms with van der Waals surface area (Å²) in [6.07, 6.45) is 7.03. The van der Waals surface area contributed by atoms with Gasteiger partial charge in [-0.2, -0.15) is 26.3 Å². The Balaban J connectivity index is 0. The third-order valence-electron chi connectivity index (χ3n) is 3.83. The molecule has 0 aromatic rings. The molecule has 0 atom stereocenters. The summed E-state index contributed by atoms with van der Waals surface area (Å²) in [5.74, 6) is 0. The van der Waals surface area contributed by atoms with E-state index in [2.05, 4.69) is 34.6 Å². The standard InChI is InChI=1S/C13H29N.C2F6NO4S2/c1-6-7-8-9-10-11-14(12(2)3)13(4)5;3-1(4,5)14(10,11)9-15(12,13)2(6,7)8/h12-13H,6-11H2,1-5H3;/q;-1/p+1. The molecule has 0 rings (SSSR count). The lowest BCUT2D eigenvalue weighted by Crippen LogP contribution is -3.17. The number of alkyl halides is 6. The fraction of sp³-hybridized carbons (Fsp3) is 1.00. The van der Waals surface area contributed by atoms with Gasteiger partial charge in [0.2, 0.25) is 0 Å². The number of hydrogen-bond acceptors (Lipinski definition) is 4. The van der Waals surface area contributed by atoms with E-state index in [1.807, 2.05) is 0 Å². The van der Waals surface area contributed by atoms with Crippen LogP contribution in [0.3, 0.4) is 0 Å². The Labute approximate surface area is 169 Å². The smallest absolute Gasteiger partial charge is 0.421 e. The molecule has 0 unspecified atom stereocenters. The number of halogens is 6. The van der Waals surface area contributed by atoms with Crippen molar-refractivity contribution in [2.24, 2.45) is 0 Å². The van der Waals surface area contributed by atoms with Crippen LogP contribution in [0.25, 0.3) is 4.13 Å². The summed E-state index contributed by atoms with van der Waals surface area (Å²) in [5, 5.41) is 0. The molecule has 0 aromatic carbocycles. The number of unbranched alkanes of at least 4 members (excludes halogenated alkanes) is 4. The molecule has 0 radical (unpaired) electrons. The zero-order valence-corrected chi connectivity index (χ0v) is 18.7. The van der Waals surface area contributed by atoms with Gasteiger partial charge >= 0.3 is 11.0 Å². The Hall–Kier alpha value is -0.600. The van der Waals surface area contributed by atoms with Crippen LogP contribution in [0.2, 0.25) is 0 Å². The number of rotatable bonds is 10. The fourth-order valence-corrected chi connectivity index (χ4v) is 4.10. The van der Waals surface area contributed by atoms with Gasteiger partial charge < -0.3 is 9.03 Å². The highest BCUT2D eigenvalue weighted by atomic mass is 32.3. The molecule has 6 nitrogen and oxygen atoms in total. The molecule has 1 N–H and O–H groups in total. The van der Waals surface area contributed by atoms with Crippen LogP contribution >= 0.6 is 0 Å². The monoisotopic (exact) mass is 480 g/mol. The Morgan fingerprint density at radius 2 is 1.07 bits per heavy atom. The maximum atomic E-state index is 11.4. The molecule has 0 bridgehead atoms. The van der Waals surface area contributed by atoms with E-state index >= 15 is 0 Å². The predicted molar refractivity (Wildman–Crippen MR) is 98.2 cm³/mol. The molecule has 0 saturated carbocycles. The SMILES string of the molecule is CCCCCCC[NH+](C(C)C)C(C)C.O=S(=O)([N-]S(=O)(=O)C(F)(F)F)C(F)(F)F. The molecule has 14 heteroatoms. The van der Waals surface area contributed by atoms with Crippen molar-refractivity contribution in [3.8, 4) is 0 Å². The van der Waals surface area contributed by atoms with Gasteiger partial charge in [0.25, 0.3) is 0 Å². The van der Waals surface area contributed by atoms with E-state index in [1.165, 1.54) is 38.6 Å². The number of hydrogen-bond donors (Lipinski definition) is 1. The van der Waals surface area contributed by atoms with Crippen molar-refractivity contribution in [3.05, 3.63) is 4.13 Å². The summed E-state index contributed by atoms with van der Waals surface area (Å²) >= 11 is 0. The Kier molecular flexibility index (Phi) is 13.0. The second-order valence-corrected chi connectivity index (χ2v) is 10.4. The largest absolute Gasteiger partial charge is 0.480 e. The van der Waals surface area contributed by atoms with Crippen LogP contribution in [0, 0.1) is 0 Å². The van der Waals surface area contributed by atoms with Gasteiger partial charge in [-0.3, -0.25) is 0 Å². The molecule has 178 valence electrons. The first-order valence-corrected chi connectivity index (χ1v) is 11.9. The van der Waals surface area contributed by atoms with Crippen molar-refractivity contribution < 1.29 is 48.1 Å². The minimum Gasteiger partial charge on any atom is -0.421 e. The van der Waals surface area contributed by atoms with Gasteiger partial charge in [0.15, 0.2) is 20.0 Å². The van der Waals surface area contributed by atoms with Gasteiger partial charge in [0.05, 0.1) is 18.6 Å². The van der Waals surface area contributed by atoms with Crippen molar-refractivity contribution in [2.75, 3.05) is 6.54 Å². The summed E-state index contributed by atoms with van der Waals surface area (Å²) in [5.41, 5.74) is -12.4. The first kappa shape index (κ1) is 30.6. The molecule has 0 saturated heterocycles. The summed E-state index contributed by atoms with van der Waals surface area (Å²) in [6, 6.07) is 1.56. The van der Waals surface area contributed by atoms with E-state index < -0.39 is 31.1 Å². The zero-order valence-electron chi connectivity index (χ0n) is 17.1. The number of sulfonamides is 2. The van der Waals surface area contributed by atoms with Gasteiger partial charge in [0, 0.05) is 0 Å². The average Bonchev–Trinajstić information content (AvgIpc) is 2.47. The molecule has 0 heterocycles. The number of nitrogens with one attached hydrogen (secondary N) is 1. The van der Waals surface area contributed by atoms with Crippen LogP contribution in [-0.4, -0.2) is 46.5 Å². The average molecular weight is 481 g/mol. The highest BCUT2D eigenvalue weighted by Gasteiger charge is 2.46. The topological polar surface area (TPSA) is 86.8 Å². The van der Waals surface area contributed by atoms with Crippen molar-refractivity contribution in [2.45, 2.75) is 89.8 Å². The van der Waals surface area contributed by atoms with Crippen LogP contribution in [-0.2, 0) is 20.0 Å². The summed E-state index contributed by atoms with van der Waals surface area (Å²) in [6.45, 7) is 13.0. The molecule has 0 aliphatic carbocycles. The second kappa shape index (κ2) is 12.3. The van der Waals surface area contributed by atoms with Crippen LogP contribution < -0.4 is 4.90 Å². The minimum atomic E-state index is -6.72. The first-order chi connectivity index (χ1) is 12.8. The van der Waals surface area contributed by atoms with E-state index in [0.29, 0.717) is 0 Å². The van der Waals surface area contributed by atoms with Crippen LogP contribution in [0.5, 0.6) is 0 Å². The van der Waals surface area contributed by atoms with E-state index in [1.54, 1.807) is 4.90 Å². The molecular formula is C15H30F6N2O4S2. The minimum absolute atomic E-state index is 0.778. The molecular weight excluding hydrogens is 450 g/mol. The molecule has 29 heavy (non-hydrogen) atoms. The summed E-state index contributed by atoms with van der Waals surface area (Å²) < 4.78 is 109. The van der Waals surface area contributed by atoms with E-state index in [4.69, 9.17) is 0 Å². The van der Waals surface area contributed by atoms with Crippen LogP contribution in [0.15, 0.2) is 0 Å². The predicted octanol–water partition coefficient (Wildman–Crippen LogP) is 3.72. The van der Waals surface area contributed by atoms with Crippen molar-refractivity contribution >= 4 is 20.0 Å². The van der Waals surface area contributed by atoms with Crippen LogP contribution in [0.4, 0.5) is 26.3 Å². The van der Waals surface area contributed by atoms with E-state index in [0.717, 1.165) is 16.2 Å². The van der Waals surface area contributed by atoms with Gasteiger partial charge in [-0.25, -0.2) is 16.8 Å². The maximum absolute atomic E-state index is 11.4. The molecule has 0 spiro atoms. The summed E-state index contributed by atoms with van der Waals surface area (Å²) in [7, 11) is -13.4. The van der Waals surface area contributed by atoms with Crippen LogP contribution in [0.1, 0.15) is 66.7 Å². The zero-order chi connectivity index (χ0) is 23.7. The van der Waals surface area contributed by atoms with E-state index in [-0.39, 0.29) is 0 Å². The highest BCUT2D eigenvalue weighted by Crippen LogP contribution is 2.36. The highest BCUT2D eigenvalue weighted by molar-refractivity contribution is 8.13. The van der Waals surface area contributed by atoms with Gasteiger partial charge in [-0.05, 0) is 40.5 Å². The van der Waals surface area contributed by atoms with Gasteiger partial charge in [-0.1, -0.05) is 26.2 Å².